The molecular weight excluding hydrogens is 222 g/mol. The van der Waals surface area contributed by atoms with Gasteiger partial charge in [-0.1, -0.05) is 15.9 Å². The molecule has 0 bridgehead atoms. The zero-order valence-electron chi connectivity index (χ0n) is 7.05. The van der Waals surface area contributed by atoms with Gasteiger partial charge in [-0.15, -0.1) is 0 Å². The third-order valence-corrected chi connectivity index (χ3v) is 3.76. The minimum absolute atomic E-state index is 0.932. The van der Waals surface area contributed by atoms with Crippen LogP contribution in [0.15, 0.2) is 0 Å². The highest BCUT2D eigenvalue weighted by Gasteiger charge is 2.16. The largest absolute Gasteiger partial charge is 0.302 e. The lowest BCUT2D eigenvalue weighted by molar-refractivity contribution is 0.247. The Hall–Kier alpha value is 0.790. The van der Waals surface area contributed by atoms with Crippen molar-refractivity contribution in [3.63, 3.8) is 0 Å². The third-order valence-electron chi connectivity index (χ3n) is 2.27. The fourth-order valence-electron chi connectivity index (χ4n) is 1.49. The number of piperidine rings is 1. The van der Waals surface area contributed by atoms with Crippen LogP contribution in [-0.2, 0) is 0 Å². The van der Waals surface area contributed by atoms with Crippen molar-refractivity contribution >= 4 is 27.7 Å². The van der Waals surface area contributed by atoms with Gasteiger partial charge in [0.15, 0.2) is 0 Å². The van der Waals surface area contributed by atoms with Crippen LogP contribution in [0.5, 0.6) is 0 Å². The van der Waals surface area contributed by atoms with Gasteiger partial charge in [0.25, 0.3) is 0 Å². The molecule has 66 valence electrons. The Morgan fingerprint density at radius 1 is 1.45 bits per heavy atom. The lowest BCUT2D eigenvalue weighted by Crippen LogP contribution is -2.35. The molecule has 1 fully saturated rings. The van der Waals surface area contributed by atoms with Crippen molar-refractivity contribution in [1.29, 1.82) is 0 Å². The Morgan fingerprint density at radius 2 is 2.09 bits per heavy atom. The molecule has 0 unspecified atom stereocenters. The maximum Gasteiger partial charge on any atom is 0.0159 e. The van der Waals surface area contributed by atoms with Crippen LogP contribution < -0.4 is 0 Å². The van der Waals surface area contributed by atoms with Crippen molar-refractivity contribution in [2.45, 2.75) is 18.1 Å². The summed E-state index contributed by atoms with van der Waals surface area (Å²) in [5.41, 5.74) is 0. The van der Waals surface area contributed by atoms with Crippen molar-refractivity contribution < 1.29 is 0 Å². The molecule has 0 amide bonds. The summed E-state index contributed by atoms with van der Waals surface area (Å²) in [5, 5.41) is 2.05. The predicted octanol–water partition coefficient (Wildman–Crippen LogP) is 2.21. The molecule has 0 N–H and O–H groups in total. The highest BCUT2D eigenvalue weighted by molar-refractivity contribution is 9.09. The molecule has 0 aromatic carbocycles. The first-order valence-electron chi connectivity index (χ1n) is 4.18. The normalized spacial score (nSPS) is 22.4. The van der Waals surface area contributed by atoms with Gasteiger partial charge in [-0.05, 0) is 32.2 Å². The summed E-state index contributed by atoms with van der Waals surface area (Å²) in [7, 11) is 0. The first kappa shape index (κ1) is 9.87. The van der Waals surface area contributed by atoms with E-state index < -0.39 is 0 Å². The summed E-state index contributed by atoms with van der Waals surface area (Å²) >= 11 is 5.50. The molecule has 0 aromatic rings. The number of hydrogen-bond acceptors (Lipinski definition) is 2. The first-order valence-corrected chi connectivity index (χ1v) is 6.59. The van der Waals surface area contributed by atoms with Crippen molar-refractivity contribution in [1.82, 2.24) is 4.90 Å². The van der Waals surface area contributed by atoms with Crippen LogP contribution in [-0.4, -0.2) is 41.4 Å². The molecule has 0 atom stereocenters. The number of hydrogen-bond donors (Lipinski definition) is 0. The molecule has 0 radical (unpaired) electrons. The van der Waals surface area contributed by atoms with Gasteiger partial charge in [0.05, 0.1) is 0 Å². The van der Waals surface area contributed by atoms with E-state index in [0.717, 1.165) is 10.6 Å². The van der Waals surface area contributed by atoms with Crippen LogP contribution in [0.3, 0.4) is 0 Å². The van der Waals surface area contributed by atoms with E-state index in [-0.39, 0.29) is 0 Å². The molecule has 3 heteroatoms. The van der Waals surface area contributed by atoms with Gasteiger partial charge in [-0.25, -0.2) is 0 Å². The number of likely N-dealkylation sites (tertiary alicyclic amines) is 1. The second-order valence-electron chi connectivity index (χ2n) is 2.97. The molecule has 11 heavy (non-hydrogen) atoms. The van der Waals surface area contributed by atoms with Crippen LogP contribution >= 0.6 is 27.7 Å². The average Bonchev–Trinajstić information content (AvgIpc) is 2.07. The van der Waals surface area contributed by atoms with E-state index in [1.165, 1.54) is 32.5 Å². The zero-order chi connectivity index (χ0) is 8.10. The maximum absolute atomic E-state index is 3.47. The van der Waals surface area contributed by atoms with E-state index in [4.69, 9.17) is 0 Å². The molecule has 1 aliphatic heterocycles. The number of nitrogens with zero attached hydrogens (tertiary/aromatic N) is 1. The summed E-state index contributed by atoms with van der Waals surface area (Å²) in [4.78, 5) is 2.54. The second-order valence-corrected chi connectivity index (χ2v) is 4.90. The standard InChI is InChI=1S/C8H16BrNS/c1-11-8-2-5-10(6-3-8)7-4-9/h8H,2-7H2,1H3. The van der Waals surface area contributed by atoms with Crippen LogP contribution in [0.25, 0.3) is 0 Å². The Kier molecular flexibility index (Phi) is 4.88. The monoisotopic (exact) mass is 237 g/mol. The Labute approximate surface area is 82.0 Å². The van der Waals surface area contributed by atoms with Crippen LogP contribution in [0.2, 0.25) is 0 Å². The van der Waals surface area contributed by atoms with E-state index in [9.17, 15) is 0 Å². The van der Waals surface area contributed by atoms with Crippen molar-refractivity contribution in [2.24, 2.45) is 0 Å². The van der Waals surface area contributed by atoms with Gasteiger partial charge in [0, 0.05) is 17.1 Å². The minimum Gasteiger partial charge on any atom is -0.302 e. The molecule has 1 aliphatic rings. The van der Waals surface area contributed by atoms with Crippen LogP contribution in [0, 0.1) is 0 Å². The highest BCUT2D eigenvalue weighted by Crippen LogP contribution is 2.20. The predicted molar refractivity (Wildman–Crippen MR) is 56.8 cm³/mol. The Balaban J connectivity index is 2.14. The molecule has 1 rings (SSSR count). The van der Waals surface area contributed by atoms with Crippen molar-refractivity contribution in [2.75, 3.05) is 31.2 Å². The van der Waals surface area contributed by atoms with Crippen LogP contribution in [0.1, 0.15) is 12.8 Å². The zero-order valence-corrected chi connectivity index (χ0v) is 9.46. The topological polar surface area (TPSA) is 3.24 Å². The van der Waals surface area contributed by atoms with Crippen molar-refractivity contribution in [3.05, 3.63) is 0 Å². The number of thioether (sulfide) groups is 1. The molecule has 0 saturated carbocycles. The lowest BCUT2D eigenvalue weighted by atomic mass is 10.1. The van der Waals surface area contributed by atoms with E-state index in [1.807, 2.05) is 11.8 Å². The van der Waals surface area contributed by atoms with Gasteiger partial charge >= 0.3 is 0 Å². The van der Waals surface area contributed by atoms with E-state index in [2.05, 4.69) is 27.1 Å². The van der Waals surface area contributed by atoms with Gasteiger partial charge in [0.2, 0.25) is 0 Å². The SMILES string of the molecule is CSC1CCN(CCBr)CC1. The van der Waals surface area contributed by atoms with Gasteiger partial charge in [0.1, 0.15) is 0 Å². The summed E-state index contributed by atoms with van der Waals surface area (Å²) in [6, 6.07) is 0. The summed E-state index contributed by atoms with van der Waals surface area (Å²) in [6.45, 7) is 3.83. The smallest absolute Gasteiger partial charge is 0.0159 e. The Bertz CT molecular complexity index is 102. The molecular formula is C8H16BrNS. The molecule has 1 heterocycles. The number of rotatable bonds is 3. The minimum atomic E-state index is 0.932. The Morgan fingerprint density at radius 3 is 2.55 bits per heavy atom. The number of halogens is 1. The van der Waals surface area contributed by atoms with Gasteiger partial charge in [-0.2, -0.15) is 11.8 Å². The fraction of sp³-hybridized carbons (Fsp3) is 1.00. The molecule has 1 saturated heterocycles. The van der Waals surface area contributed by atoms with Gasteiger partial charge in [-0.3, -0.25) is 0 Å². The van der Waals surface area contributed by atoms with E-state index >= 15 is 0 Å². The molecule has 0 spiro atoms. The van der Waals surface area contributed by atoms with Crippen LogP contribution in [0.4, 0.5) is 0 Å². The van der Waals surface area contributed by atoms with E-state index in [0.29, 0.717) is 0 Å². The summed E-state index contributed by atoms with van der Waals surface area (Å²) in [5.74, 6) is 0. The maximum atomic E-state index is 3.47. The average molecular weight is 238 g/mol. The van der Waals surface area contributed by atoms with Gasteiger partial charge < -0.3 is 4.90 Å². The fourth-order valence-corrected chi connectivity index (χ4v) is 2.67. The lowest BCUT2D eigenvalue weighted by Gasteiger charge is -2.30. The summed E-state index contributed by atoms with van der Waals surface area (Å²) in [6.07, 6.45) is 4.99. The third kappa shape index (κ3) is 3.34. The number of alkyl halides is 1. The summed E-state index contributed by atoms with van der Waals surface area (Å²) < 4.78 is 0. The quantitative estimate of drug-likeness (QED) is 0.693. The molecule has 0 aromatic heterocycles. The van der Waals surface area contributed by atoms with E-state index in [1.54, 1.807) is 0 Å². The molecule has 1 nitrogen and oxygen atoms in total. The second kappa shape index (κ2) is 5.44. The highest BCUT2D eigenvalue weighted by atomic mass is 79.9. The van der Waals surface area contributed by atoms with Crippen molar-refractivity contribution in [3.8, 4) is 0 Å². The molecule has 0 aliphatic carbocycles. The first-order chi connectivity index (χ1) is 5.36.